The van der Waals surface area contributed by atoms with Crippen molar-refractivity contribution in [2.45, 2.75) is 19.8 Å². The standard InChI is InChI=1S/C7H12O3S/c1-6(2)7(8)4-3-5-11(9)10/h1,3-5H2,2H3,(H,9,10). The van der Waals surface area contributed by atoms with E-state index in [1.807, 2.05) is 0 Å². The molecule has 0 aromatic carbocycles. The largest absolute Gasteiger partial charge is 0.306 e. The topological polar surface area (TPSA) is 54.4 Å². The van der Waals surface area contributed by atoms with Crippen LogP contribution < -0.4 is 0 Å². The lowest BCUT2D eigenvalue weighted by molar-refractivity contribution is -0.115. The summed E-state index contributed by atoms with van der Waals surface area (Å²) in [5, 5.41) is 0. The highest BCUT2D eigenvalue weighted by molar-refractivity contribution is 7.79. The van der Waals surface area contributed by atoms with Crippen molar-refractivity contribution in [2.24, 2.45) is 0 Å². The SMILES string of the molecule is C=C(C)C(=O)CCCS(=O)O. The second-order valence-electron chi connectivity index (χ2n) is 2.33. The second-order valence-corrected chi connectivity index (χ2v) is 3.38. The second kappa shape index (κ2) is 5.21. The summed E-state index contributed by atoms with van der Waals surface area (Å²) in [4.78, 5) is 10.8. The number of rotatable bonds is 5. The zero-order valence-corrected chi connectivity index (χ0v) is 7.32. The Balaban J connectivity index is 3.47. The number of hydrogen-bond donors (Lipinski definition) is 1. The Morgan fingerprint density at radius 1 is 1.64 bits per heavy atom. The number of carbonyl (C=O) groups excluding carboxylic acids is 1. The van der Waals surface area contributed by atoms with Gasteiger partial charge in [-0.15, -0.1) is 0 Å². The molecule has 64 valence electrons. The summed E-state index contributed by atoms with van der Waals surface area (Å²) in [5.41, 5.74) is 0.508. The first-order valence-electron chi connectivity index (χ1n) is 3.30. The predicted molar refractivity (Wildman–Crippen MR) is 44.7 cm³/mol. The minimum Gasteiger partial charge on any atom is -0.306 e. The van der Waals surface area contributed by atoms with Crippen molar-refractivity contribution in [3.05, 3.63) is 12.2 Å². The molecule has 0 aromatic rings. The summed E-state index contributed by atoms with van der Waals surface area (Å²) in [6, 6.07) is 0. The molecule has 1 atom stereocenters. The van der Waals surface area contributed by atoms with Crippen LogP contribution in [0.5, 0.6) is 0 Å². The van der Waals surface area contributed by atoms with E-state index in [-0.39, 0.29) is 11.5 Å². The molecule has 0 aromatic heterocycles. The number of hydrogen-bond acceptors (Lipinski definition) is 2. The predicted octanol–water partition coefficient (Wildman–Crippen LogP) is 1.13. The third-order valence-electron chi connectivity index (χ3n) is 1.20. The molecule has 0 fully saturated rings. The van der Waals surface area contributed by atoms with Gasteiger partial charge >= 0.3 is 0 Å². The van der Waals surface area contributed by atoms with E-state index in [1.54, 1.807) is 6.92 Å². The number of carbonyl (C=O) groups is 1. The van der Waals surface area contributed by atoms with Crippen LogP contribution in [0.4, 0.5) is 0 Å². The first kappa shape index (κ1) is 10.5. The number of ketones is 1. The molecule has 0 aliphatic rings. The van der Waals surface area contributed by atoms with E-state index in [0.29, 0.717) is 18.4 Å². The number of allylic oxidation sites excluding steroid dienone is 1. The molecule has 0 heterocycles. The molecule has 0 saturated heterocycles. The Hall–Kier alpha value is -0.480. The van der Waals surface area contributed by atoms with Gasteiger partial charge in [-0.2, -0.15) is 0 Å². The first-order valence-corrected chi connectivity index (χ1v) is 4.57. The van der Waals surface area contributed by atoms with Crippen LogP contribution in [-0.4, -0.2) is 20.3 Å². The van der Waals surface area contributed by atoms with Crippen molar-refractivity contribution in [1.29, 1.82) is 0 Å². The molecular formula is C7H12O3S. The molecule has 4 heteroatoms. The molecule has 1 N–H and O–H groups in total. The van der Waals surface area contributed by atoms with Gasteiger partial charge in [0.15, 0.2) is 16.9 Å². The maximum Gasteiger partial charge on any atom is 0.158 e. The molecule has 0 amide bonds. The minimum absolute atomic E-state index is 0.0320. The van der Waals surface area contributed by atoms with Crippen LogP contribution in [0.1, 0.15) is 19.8 Å². The average molecular weight is 176 g/mol. The zero-order valence-electron chi connectivity index (χ0n) is 6.50. The highest BCUT2D eigenvalue weighted by Crippen LogP contribution is 1.99. The van der Waals surface area contributed by atoms with Crippen LogP contribution >= 0.6 is 0 Å². The summed E-state index contributed by atoms with van der Waals surface area (Å²) < 4.78 is 18.5. The smallest absolute Gasteiger partial charge is 0.158 e. The highest BCUT2D eigenvalue weighted by atomic mass is 32.2. The fourth-order valence-corrected chi connectivity index (χ4v) is 0.961. The van der Waals surface area contributed by atoms with Gasteiger partial charge in [0.05, 0.1) is 0 Å². The molecular weight excluding hydrogens is 164 g/mol. The fraction of sp³-hybridized carbons (Fsp3) is 0.571. The normalized spacial score (nSPS) is 12.5. The molecule has 0 aliphatic carbocycles. The Kier molecular flexibility index (Phi) is 4.98. The van der Waals surface area contributed by atoms with Gasteiger partial charge in [-0.25, -0.2) is 4.21 Å². The van der Waals surface area contributed by atoms with E-state index in [4.69, 9.17) is 4.55 Å². The lowest BCUT2D eigenvalue weighted by atomic mass is 10.1. The van der Waals surface area contributed by atoms with Crippen molar-refractivity contribution in [1.82, 2.24) is 0 Å². The van der Waals surface area contributed by atoms with Gasteiger partial charge in [0.2, 0.25) is 0 Å². The van der Waals surface area contributed by atoms with Crippen molar-refractivity contribution in [3.8, 4) is 0 Å². The van der Waals surface area contributed by atoms with E-state index in [0.717, 1.165) is 0 Å². The zero-order chi connectivity index (χ0) is 8.85. The maximum atomic E-state index is 10.8. The van der Waals surface area contributed by atoms with Crippen LogP contribution in [0.15, 0.2) is 12.2 Å². The van der Waals surface area contributed by atoms with Crippen LogP contribution in [-0.2, 0) is 15.9 Å². The molecule has 3 nitrogen and oxygen atoms in total. The Bertz CT molecular complexity index is 186. The lowest BCUT2D eigenvalue weighted by Gasteiger charge is -1.96. The summed E-state index contributed by atoms with van der Waals surface area (Å²) in [6.45, 7) is 5.10. The van der Waals surface area contributed by atoms with E-state index in [2.05, 4.69) is 6.58 Å². The minimum atomic E-state index is -1.78. The van der Waals surface area contributed by atoms with E-state index in [9.17, 15) is 9.00 Å². The Labute approximate surface area is 68.8 Å². The molecule has 0 rings (SSSR count). The summed E-state index contributed by atoms with van der Waals surface area (Å²) in [6.07, 6.45) is 0.774. The molecule has 1 unspecified atom stereocenters. The van der Waals surface area contributed by atoms with Crippen LogP contribution in [0.25, 0.3) is 0 Å². The molecule has 0 bridgehead atoms. The van der Waals surface area contributed by atoms with Gasteiger partial charge in [-0.3, -0.25) is 4.79 Å². The van der Waals surface area contributed by atoms with E-state index < -0.39 is 11.1 Å². The van der Waals surface area contributed by atoms with Crippen molar-refractivity contribution in [3.63, 3.8) is 0 Å². The third kappa shape index (κ3) is 5.94. The molecule has 0 spiro atoms. The Morgan fingerprint density at radius 2 is 2.18 bits per heavy atom. The fourth-order valence-electron chi connectivity index (χ4n) is 0.570. The van der Waals surface area contributed by atoms with Crippen molar-refractivity contribution >= 4 is 16.9 Å². The molecule has 0 saturated carbocycles. The third-order valence-corrected chi connectivity index (χ3v) is 1.84. The van der Waals surface area contributed by atoms with E-state index in [1.165, 1.54) is 0 Å². The van der Waals surface area contributed by atoms with Crippen molar-refractivity contribution < 1.29 is 13.6 Å². The monoisotopic (exact) mass is 176 g/mol. The maximum absolute atomic E-state index is 10.8. The van der Waals surface area contributed by atoms with Crippen LogP contribution in [0.2, 0.25) is 0 Å². The van der Waals surface area contributed by atoms with Gasteiger partial charge in [-0.1, -0.05) is 6.58 Å². The lowest BCUT2D eigenvalue weighted by Crippen LogP contribution is -2.02. The Morgan fingerprint density at radius 3 is 2.55 bits per heavy atom. The van der Waals surface area contributed by atoms with Crippen LogP contribution in [0.3, 0.4) is 0 Å². The molecule has 0 radical (unpaired) electrons. The quantitative estimate of drug-likeness (QED) is 0.504. The number of Topliss-reactive ketones (excluding diaryl/α,β-unsaturated/α-hetero) is 1. The summed E-state index contributed by atoms with van der Waals surface area (Å²) in [7, 11) is 0. The summed E-state index contributed by atoms with van der Waals surface area (Å²) >= 11 is -1.78. The van der Waals surface area contributed by atoms with Gasteiger partial charge in [-0.05, 0) is 18.9 Å². The van der Waals surface area contributed by atoms with Gasteiger partial charge in [0, 0.05) is 12.2 Å². The average Bonchev–Trinajstić information content (AvgIpc) is 1.86. The van der Waals surface area contributed by atoms with Crippen molar-refractivity contribution in [2.75, 3.05) is 5.75 Å². The molecule has 0 aliphatic heterocycles. The summed E-state index contributed by atoms with van der Waals surface area (Å²) in [5.74, 6) is 0.134. The molecule has 11 heavy (non-hydrogen) atoms. The van der Waals surface area contributed by atoms with Gasteiger partial charge in [0.1, 0.15) is 0 Å². The first-order chi connectivity index (χ1) is 5.04. The van der Waals surface area contributed by atoms with Crippen LogP contribution in [0, 0.1) is 0 Å². The van der Waals surface area contributed by atoms with E-state index >= 15 is 0 Å². The van der Waals surface area contributed by atoms with Gasteiger partial charge < -0.3 is 4.55 Å². The van der Waals surface area contributed by atoms with Gasteiger partial charge in [0.25, 0.3) is 0 Å². The highest BCUT2D eigenvalue weighted by Gasteiger charge is 2.02.